The first-order valence-corrected chi connectivity index (χ1v) is 7.84. The van der Waals surface area contributed by atoms with Gasteiger partial charge in [0, 0.05) is 25.2 Å². The number of hydrogen-bond acceptors (Lipinski definition) is 3. The summed E-state index contributed by atoms with van der Waals surface area (Å²) in [4.78, 5) is 14.0. The van der Waals surface area contributed by atoms with Gasteiger partial charge >= 0.3 is 0 Å². The summed E-state index contributed by atoms with van der Waals surface area (Å²) in [7, 11) is 0. The molecule has 2 N–H and O–H groups in total. The van der Waals surface area contributed by atoms with Crippen LogP contribution in [0, 0.1) is 5.92 Å². The Morgan fingerprint density at radius 1 is 1.48 bits per heavy atom. The number of amides is 1. The maximum Gasteiger partial charge on any atom is 0.260 e. The third kappa shape index (κ3) is 4.50. The molecule has 1 amide bonds. The van der Waals surface area contributed by atoms with E-state index in [1.54, 1.807) is 18.2 Å². The Balaban J connectivity index is 1.87. The lowest BCUT2D eigenvalue weighted by Gasteiger charge is -2.34. The lowest BCUT2D eigenvalue weighted by atomic mass is 9.92. The van der Waals surface area contributed by atoms with E-state index in [-0.39, 0.29) is 18.6 Å². The molecular weight excluding hydrogens is 311 g/mol. The average Bonchev–Trinajstić information content (AvgIpc) is 2.48. The number of nitrogens with zero attached hydrogens (tertiary/aromatic N) is 1. The number of nitrogens with two attached hydrogens (primary N) is 1. The van der Waals surface area contributed by atoms with Crippen molar-refractivity contribution in [3.05, 3.63) is 28.2 Å². The molecule has 2 atom stereocenters. The Morgan fingerprint density at radius 2 is 2.24 bits per heavy atom. The van der Waals surface area contributed by atoms with Gasteiger partial charge in [-0.3, -0.25) is 4.79 Å². The molecule has 1 fully saturated rings. The monoisotopic (exact) mass is 330 g/mol. The van der Waals surface area contributed by atoms with E-state index in [0.717, 1.165) is 19.4 Å². The van der Waals surface area contributed by atoms with Crippen LogP contribution in [0.2, 0.25) is 10.0 Å². The van der Waals surface area contributed by atoms with Gasteiger partial charge in [-0.25, -0.2) is 0 Å². The zero-order valence-corrected chi connectivity index (χ0v) is 13.5. The van der Waals surface area contributed by atoms with Gasteiger partial charge in [0.05, 0.1) is 10.0 Å². The largest absolute Gasteiger partial charge is 0.484 e. The minimum Gasteiger partial charge on any atom is -0.484 e. The van der Waals surface area contributed by atoms with Crippen LogP contribution in [0.15, 0.2) is 18.2 Å². The second-order valence-corrected chi connectivity index (χ2v) is 6.28. The number of hydrogen-bond donors (Lipinski definition) is 1. The summed E-state index contributed by atoms with van der Waals surface area (Å²) in [6, 6.07) is 5.06. The maximum absolute atomic E-state index is 12.2. The van der Waals surface area contributed by atoms with Gasteiger partial charge in [0.2, 0.25) is 0 Å². The Morgan fingerprint density at radius 3 is 2.90 bits per heavy atom. The number of likely N-dealkylation sites (tertiary alicyclic amines) is 1. The summed E-state index contributed by atoms with van der Waals surface area (Å²) < 4.78 is 5.49. The van der Waals surface area contributed by atoms with Crippen LogP contribution in [-0.2, 0) is 4.79 Å². The molecule has 21 heavy (non-hydrogen) atoms. The highest BCUT2D eigenvalue weighted by molar-refractivity contribution is 6.42. The highest BCUT2D eigenvalue weighted by Crippen LogP contribution is 2.26. The summed E-state index contributed by atoms with van der Waals surface area (Å²) in [6.07, 6.45) is 2.07. The molecule has 1 aliphatic rings. The molecule has 1 aliphatic heterocycles. The topological polar surface area (TPSA) is 55.6 Å². The highest BCUT2D eigenvalue weighted by atomic mass is 35.5. The molecule has 0 radical (unpaired) electrons. The Hall–Kier alpha value is -0.970. The van der Waals surface area contributed by atoms with Gasteiger partial charge in [0.25, 0.3) is 5.91 Å². The minimum absolute atomic E-state index is 0.00360. The van der Waals surface area contributed by atoms with Crippen molar-refractivity contribution in [2.45, 2.75) is 25.8 Å². The van der Waals surface area contributed by atoms with E-state index in [1.807, 2.05) is 11.8 Å². The van der Waals surface area contributed by atoms with Crippen molar-refractivity contribution in [1.29, 1.82) is 0 Å². The van der Waals surface area contributed by atoms with Crippen LogP contribution in [0.3, 0.4) is 0 Å². The Bertz CT molecular complexity index is 508. The molecule has 116 valence electrons. The number of ether oxygens (including phenoxy) is 1. The number of halogens is 2. The first-order chi connectivity index (χ1) is 9.97. The van der Waals surface area contributed by atoms with Crippen LogP contribution < -0.4 is 10.5 Å². The first kappa shape index (κ1) is 16.4. The van der Waals surface area contributed by atoms with E-state index < -0.39 is 0 Å². The molecule has 0 bridgehead atoms. The van der Waals surface area contributed by atoms with E-state index in [2.05, 4.69) is 0 Å². The zero-order valence-electron chi connectivity index (χ0n) is 12.0. The lowest BCUT2D eigenvalue weighted by Crippen LogP contribution is -2.46. The van der Waals surface area contributed by atoms with Crippen molar-refractivity contribution in [3.63, 3.8) is 0 Å². The second kappa shape index (κ2) is 7.34. The molecule has 0 spiro atoms. The van der Waals surface area contributed by atoms with Gasteiger partial charge in [0.1, 0.15) is 5.75 Å². The second-order valence-electron chi connectivity index (χ2n) is 5.47. The number of carbonyl (C=O) groups is 1. The fraction of sp³-hybridized carbons (Fsp3) is 0.533. The fourth-order valence-electron chi connectivity index (χ4n) is 2.47. The molecule has 0 aromatic heterocycles. The molecule has 4 nitrogen and oxygen atoms in total. The predicted octanol–water partition coefficient (Wildman–Crippen LogP) is 2.96. The quantitative estimate of drug-likeness (QED) is 0.923. The maximum atomic E-state index is 12.2. The SMILES string of the molecule is C[C@@H](N)[C@@H]1CCCN(C(=O)COc2ccc(Cl)c(Cl)c2)C1. The Labute approximate surface area is 135 Å². The van der Waals surface area contributed by atoms with Gasteiger partial charge < -0.3 is 15.4 Å². The normalized spacial score (nSPS) is 20.2. The van der Waals surface area contributed by atoms with Gasteiger partial charge in [-0.05, 0) is 37.8 Å². The van der Waals surface area contributed by atoms with E-state index >= 15 is 0 Å². The van der Waals surface area contributed by atoms with Crippen molar-refractivity contribution in [1.82, 2.24) is 4.90 Å². The van der Waals surface area contributed by atoms with Crippen LogP contribution in [0.1, 0.15) is 19.8 Å². The van der Waals surface area contributed by atoms with Gasteiger partial charge in [-0.15, -0.1) is 0 Å². The fourth-order valence-corrected chi connectivity index (χ4v) is 2.76. The summed E-state index contributed by atoms with van der Waals surface area (Å²) in [6.45, 7) is 3.47. The van der Waals surface area contributed by atoms with Crippen molar-refractivity contribution < 1.29 is 9.53 Å². The first-order valence-electron chi connectivity index (χ1n) is 7.08. The molecular formula is C15H20Cl2N2O2. The molecule has 1 heterocycles. The van der Waals surface area contributed by atoms with Gasteiger partial charge in [0.15, 0.2) is 6.61 Å². The predicted molar refractivity (Wildman–Crippen MR) is 84.9 cm³/mol. The number of rotatable bonds is 4. The van der Waals surface area contributed by atoms with Crippen LogP contribution >= 0.6 is 23.2 Å². The van der Waals surface area contributed by atoms with Crippen LogP contribution in [-0.4, -0.2) is 36.5 Å². The number of piperidine rings is 1. The van der Waals surface area contributed by atoms with Crippen LogP contribution in [0.5, 0.6) is 5.75 Å². The standard InChI is InChI=1S/C15H20Cl2N2O2/c1-10(18)11-3-2-6-19(8-11)15(20)9-21-12-4-5-13(16)14(17)7-12/h4-5,7,10-11H,2-3,6,8-9,18H2,1H3/t10-,11-/m1/s1. The zero-order chi connectivity index (χ0) is 15.4. The summed E-state index contributed by atoms with van der Waals surface area (Å²) in [5, 5.41) is 0.878. The molecule has 1 saturated heterocycles. The third-order valence-electron chi connectivity index (χ3n) is 3.81. The summed E-state index contributed by atoms with van der Waals surface area (Å²) in [5.41, 5.74) is 5.93. The minimum atomic E-state index is -0.0218. The van der Waals surface area contributed by atoms with Crippen molar-refractivity contribution in [2.24, 2.45) is 11.7 Å². The smallest absolute Gasteiger partial charge is 0.260 e. The molecule has 6 heteroatoms. The van der Waals surface area contributed by atoms with E-state index in [0.29, 0.717) is 28.3 Å². The molecule has 0 aliphatic carbocycles. The number of benzene rings is 1. The summed E-state index contributed by atoms with van der Waals surface area (Å²) >= 11 is 11.7. The highest BCUT2D eigenvalue weighted by Gasteiger charge is 2.25. The molecule has 2 rings (SSSR count). The molecule has 0 unspecified atom stereocenters. The van der Waals surface area contributed by atoms with Crippen molar-refractivity contribution in [2.75, 3.05) is 19.7 Å². The van der Waals surface area contributed by atoms with Crippen molar-refractivity contribution in [3.8, 4) is 5.75 Å². The lowest BCUT2D eigenvalue weighted by molar-refractivity contribution is -0.135. The number of carbonyl (C=O) groups excluding carboxylic acids is 1. The van der Waals surface area contributed by atoms with Crippen LogP contribution in [0.25, 0.3) is 0 Å². The van der Waals surface area contributed by atoms with Crippen LogP contribution in [0.4, 0.5) is 0 Å². The molecule has 0 saturated carbocycles. The Kier molecular flexibility index (Phi) is 5.73. The van der Waals surface area contributed by atoms with Gasteiger partial charge in [-0.1, -0.05) is 23.2 Å². The summed E-state index contributed by atoms with van der Waals surface area (Å²) in [5.74, 6) is 0.887. The van der Waals surface area contributed by atoms with E-state index in [1.165, 1.54) is 0 Å². The van der Waals surface area contributed by atoms with E-state index in [9.17, 15) is 4.79 Å². The third-order valence-corrected chi connectivity index (χ3v) is 4.55. The molecule has 1 aromatic carbocycles. The van der Waals surface area contributed by atoms with E-state index in [4.69, 9.17) is 33.7 Å². The van der Waals surface area contributed by atoms with Gasteiger partial charge in [-0.2, -0.15) is 0 Å². The average molecular weight is 331 g/mol. The molecule has 1 aromatic rings. The van der Waals surface area contributed by atoms with Crippen molar-refractivity contribution >= 4 is 29.1 Å².